The first kappa shape index (κ1) is 14.4. The predicted molar refractivity (Wildman–Crippen MR) is 78.1 cm³/mol. The molecule has 5 heteroatoms. The summed E-state index contributed by atoms with van der Waals surface area (Å²) in [5, 5.41) is 9.07. The van der Waals surface area contributed by atoms with E-state index in [4.69, 9.17) is 5.11 Å². The number of aromatic amines is 1. The van der Waals surface area contributed by atoms with Crippen LogP contribution in [0.1, 0.15) is 38.1 Å². The van der Waals surface area contributed by atoms with Crippen molar-refractivity contribution in [3.8, 4) is 0 Å². The molecule has 1 heterocycles. The van der Waals surface area contributed by atoms with Crippen LogP contribution in [-0.4, -0.2) is 20.6 Å². The van der Waals surface area contributed by atoms with Gasteiger partial charge >= 0.3 is 11.7 Å². The number of aromatic carboxylic acids is 1. The first-order valence-corrected chi connectivity index (χ1v) is 6.68. The van der Waals surface area contributed by atoms with Crippen LogP contribution in [0.25, 0.3) is 11.0 Å². The van der Waals surface area contributed by atoms with Crippen molar-refractivity contribution in [3.63, 3.8) is 0 Å². The minimum Gasteiger partial charge on any atom is -0.478 e. The Morgan fingerprint density at radius 2 is 2.05 bits per heavy atom. The van der Waals surface area contributed by atoms with Crippen molar-refractivity contribution < 1.29 is 9.90 Å². The minimum absolute atomic E-state index is 0.0574. The lowest BCUT2D eigenvalue weighted by Gasteiger charge is -2.29. The van der Waals surface area contributed by atoms with Gasteiger partial charge in [-0.05, 0) is 29.5 Å². The van der Waals surface area contributed by atoms with E-state index in [1.54, 1.807) is 16.7 Å². The number of H-pyrrole nitrogens is 1. The van der Waals surface area contributed by atoms with Gasteiger partial charge in [0.15, 0.2) is 0 Å². The summed E-state index contributed by atoms with van der Waals surface area (Å²) in [6, 6.07) is 4.68. The maximum atomic E-state index is 12.1. The van der Waals surface area contributed by atoms with E-state index >= 15 is 0 Å². The molecule has 0 radical (unpaired) electrons. The van der Waals surface area contributed by atoms with Crippen molar-refractivity contribution in [1.82, 2.24) is 9.55 Å². The lowest BCUT2D eigenvalue weighted by Crippen LogP contribution is -2.30. The molecule has 0 bridgehead atoms. The lowest BCUT2D eigenvalue weighted by atomic mass is 9.81. The second-order valence-corrected chi connectivity index (χ2v) is 6.20. The molecular formula is C15H20N2O3. The van der Waals surface area contributed by atoms with Gasteiger partial charge in [0, 0.05) is 6.54 Å². The van der Waals surface area contributed by atoms with Crippen LogP contribution in [0.15, 0.2) is 23.0 Å². The number of hydrogen-bond donors (Lipinski definition) is 2. The summed E-state index contributed by atoms with van der Waals surface area (Å²) in [4.78, 5) is 25.9. The van der Waals surface area contributed by atoms with Crippen molar-refractivity contribution >= 4 is 17.0 Å². The molecule has 0 amide bonds. The normalized spacial score (nSPS) is 12.2. The Labute approximate surface area is 117 Å². The van der Waals surface area contributed by atoms with Gasteiger partial charge in [0.05, 0.1) is 16.6 Å². The number of hydrogen-bond acceptors (Lipinski definition) is 2. The SMILES string of the molecule is CC(C)C(C)(C)Cn1c(=O)[nH]c2ccc(C(=O)O)cc21. The maximum Gasteiger partial charge on any atom is 0.335 e. The molecule has 0 saturated carbocycles. The summed E-state index contributed by atoms with van der Waals surface area (Å²) in [6.07, 6.45) is 0. The molecular weight excluding hydrogens is 256 g/mol. The Hall–Kier alpha value is -2.04. The number of carbonyl (C=O) groups is 1. The summed E-state index contributed by atoms with van der Waals surface area (Å²) in [5.74, 6) is -0.586. The monoisotopic (exact) mass is 276 g/mol. The molecule has 0 aliphatic carbocycles. The van der Waals surface area contributed by atoms with E-state index in [0.717, 1.165) is 0 Å². The molecule has 0 aliphatic rings. The van der Waals surface area contributed by atoms with Gasteiger partial charge in [0.2, 0.25) is 0 Å². The third-order valence-corrected chi connectivity index (χ3v) is 4.15. The molecule has 1 aromatic heterocycles. The molecule has 20 heavy (non-hydrogen) atoms. The summed E-state index contributed by atoms with van der Waals surface area (Å²) < 4.78 is 1.63. The first-order valence-electron chi connectivity index (χ1n) is 6.68. The van der Waals surface area contributed by atoms with Gasteiger partial charge in [-0.1, -0.05) is 27.7 Å². The van der Waals surface area contributed by atoms with E-state index in [0.29, 0.717) is 23.5 Å². The molecule has 0 fully saturated rings. The van der Waals surface area contributed by atoms with E-state index in [2.05, 4.69) is 32.7 Å². The van der Waals surface area contributed by atoms with Crippen molar-refractivity contribution in [2.75, 3.05) is 0 Å². The van der Waals surface area contributed by atoms with Crippen LogP contribution in [0.3, 0.4) is 0 Å². The lowest BCUT2D eigenvalue weighted by molar-refractivity contribution is 0.0697. The number of rotatable bonds is 4. The largest absolute Gasteiger partial charge is 0.478 e. The van der Waals surface area contributed by atoms with Crippen LogP contribution in [0.2, 0.25) is 0 Å². The number of carboxylic acid groups (broad SMARTS) is 1. The maximum absolute atomic E-state index is 12.1. The highest BCUT2D eigenvalue weighted by molar-refractivity contribution is 5.92. The third-order valence-electron chi connectivity index (χ3n) is 4.15. The molecule has 108 valence electrons. The zero-order valence-corrected chi connectivity index (χ0v) is 12.2. The Balaban J connectivity index is 2.57. The van der Waals surface area contributed by atoms with E-state index in [1.807, 2.05) is 0 Å². The van der Waals surface area contributed by atoms with Crippen molar-refractivity contribution in [2.24, 2.45) is 11.3 Å². The van der Waals surface area contributed by atoms with Crippen LogP contribution in [-0.2, 0) is 6.54 Å². The predicted octanol–water partition coefficient (Wildman–Crippen LogP) is 2.71. The second kappa shape index (κ2) is 4.81. The van der Waals surface area contributed by atoms with Crippen molar-refractivity contribution in [2.45, 2.75) is 34.2 Å². The van der Waals surface area contributed by atoms with Gasteiger partial charge in [-0.25, -0.2) is 9.59 Å². The van der Waals surface area contributed by atoms with E-state index in [9.17, 15) is 9.59 Å². The summed E-state index contributed by atoms with van der Waals surface area (Å²) in [7, 11) is 0. The smallest absolute Gasteiger partial charge is 0.335 e. The van der Waals surface area contributed by atoms with Crippen LogP contribution in [0.4, 0.5) is 0 Å². The molecule has 0 unspecified atom stereocenters. The van der Waals surface area contributed by atoms with Crippen molar-refractivity contribution in [3.05, 3.63) is 34.2 Å². The van der Waals surface area contributed by atoms with Gasteiger partial charge in [-0.15, -0.1) is 0 Å². The Morgan fingerprint density at radius 3 is 2.60 bits per heavy atom. The van der Waals surface area contributed by atoms with Crippen LogP contribution in [0, 0.1) is 11.3 Å². The number of imidazole rings is 1. The highest BCUT2D eigenvalue weighted by Gasteiger charge is 2.25. The zero-order chi connectivity index (χ0) is 15.1. The molecule has 0 aliphatic heterocycles. The average Bonchev–Trinajstić information content (AvgIpc) is 2.64. The number of nitrogens with one attached hydrogen (secondary N) is 1. The standard InChI is InChI=1S/C15H20N2O3/c1-9(2)15(3,4)8-17-12-7-10(13(18)19)5-6-11(12)16-14(17)20/h5-7,9H,8H2,1-4H3,(H,16,20)(H,18,19). The molecule has 1 aromatic carbocycles. The number of fused-ring (bicyclic) bond motifs is 1. The molecule has 0 atom stereocenters. The van der Waals surface area contributed by atoms with E-state index in [1.165, 1.54) is 6.07 Å². The zero-order valence-electron chi connectivity index (χ0n) is 12.2. The minimum atomic E-state index is -0.991. The molecule has 0 spiro atoms. The fourth-order valence-electron chi connectivity index (χ4n) is 2.03. The highest BCUT2D eigenvalue weighted by Crippen LogP contribution is 2.28. The second-order valence-electron chi connectivity index (χ2n) is 6.20. The number of benzene rings is 1. The summed E-state index contributed by atoms with van der Waals surface area (Å²) in [6.45, 7) is 8.98. The Bertz CT molecular complexity index is 707. The van der Waals surface area contributed by atoms with Crippen LogP contribution >= 0.6 is 0 Å². The Kier molecular flexibility index (Phi) is 3.46. The molecule has 2 N–H and O–H groups in total. The van der Waals surface area contributed by atoms with Crippen LogP contribution in [0.5, 0.6) is 0 Å². The highest BCUT2D eigenvalue weighted by atomic mass is 16.4. The fourth-order valence-corrected chi connectivity index (χ4v) is 2.03. The number of aromatic nitrogens is 2. The molecule has 2 aromatic rings. The summed E-state index contributed by atoms with van der Waals surface area (Å²) >= 11 is 0. The Morgan fingerprint density at radius 1 is 1.40 bits per heavy atom. The van der Waals surface area contributed by atoms with Gasteiger partial charge in [-0.2, -0.15) is 0 Å². The average molecular weight is 276 g/mol. The van der Waals surface area contributed by atoms with Crippen molar-refractivity contribution in [1.29, 1.82) is 0 Å². The van der Waals surface area contributed by atoms with Gasteiger partial charge < -0.3 is 10.1 Å². The number of carboxylic acids is 1. The molecule has 0 saturated heterocycles. The fraction of sp³-hybridized carbons (Fsp3) is 0.467. The van der Waals surface area contributed by atoms with Gasteiger partial charge in [-0.3, -0.25) is 4.57 Å². The molecule has 5 nitrogen and oxygen atoms in total. The first-order chi connectivity index (χ1) is 9.22. The van der Waals surface area contributed by atoms with Gasteiger partial charge in [0.25, 0.3) is 0 Å². The van der Waals surface area contributed by atoms with Crippen LogP contribution < -0.4 is 5.69 Å². The third kappa shape index (κ3) is 2.48. The topological polar surface area (TPSA) is 75.1 Å². The molecule has 2 rings (SSSR count). The quantitative estimate of drug-likeness (QED) is 0.901. The van der Waals surface area contributed by atoms with E-state index in [-0.39, 0.29) is 16.7 Å². The number of nitrogens with zero attached hydrogens (tertiary/aromatic N) is 1. The van der Waals surface area contributed by atoms with Gasteiger partial charge in [0.1, 0.15) is 0 Å². The van der Waals surface area contributed by atoms with E-state index < -0.39 is 5.97 Å². The summed E-state index contributed by atoms with van der Waals surface area (Å²) in [5.41, 5.74) is 1.24.